The highest BCUT2D eigenvalue weighted by Gasteiger charge is 2.44. The minimum atomic E-state index is -0.295. The minimum absolute atomic E-state index is 0.145. The van der Waals surface area contributed by atoms with Crippen LogP contribution in [0.5, 0.6) is 0 Å². The van der Waals surface area contributed by atoms with E-state index in [9.17, 15) is 4.79 Å². The topological polar surface area (TPSA) is 67.2 Å². The van der Waals surface area contributed by atoms with Crippen LogP contribution in [-0.2, 0) is 0 Å². The number of hydrogen-bond acceptors (Lipinski definition) is 2. The molecule has 0 heterocycles. The zero-order valence-corrected chi connectivity index (χ0v) is 13.4. The fourth-order valence-corrected chi connectivity index (χ4v) is 3.73. The Balaban J connectivity index is 2.79. The maximum Gasteiger partial charge on any atom is 0.328 e. The fraction of sp³-hybridized carbons (Fsp3) is 0.933. The van der Waals surface area contributed by atoms with Crippen molar-refractivity contribution in [1.29, 1.82) is 0 Å². The van der Waals surface area contributed by atoms with Gasteiger partial charge < -0.3 is 5.32 Å². The van der Waals surface area contributed by atoms with Crippen LogP contribution in [0.1, 0.15) is 60.8 Å². The molecule has 0 radical (unpaired) electrons. The van der Waals surface area contributed by atoms with Crippen molar-refractivity contribution >= 4 is 6.03 Å². The Morgan fingerprint density at radius 2 is 1.84 bits per heavy atom. The monoisotopic (exact) mass is 269 g/mol. The lowest BCUT2D eigenvalue weighted by atomic mass is 9.56. The third-order valence-electron chi connectivity index (χ3n) is 4.48. The van der Waals surface area contributed by atoms with Crippen LogP contribution in [0.3, 0.4) is 0 Å². The van der Waals surface area contributed by atoms with E-state index in [0.29, 0.717) is 23.3 Å². The van der Waals surface area contributed by atoms with E-state index in [0.717, 1.165) is 12.8 Å². The van der Waals surface area contributed by atoms with Crippen LogP contribution >= 0.6 is 0 Å². The first kappa shape index (κ1) is 16.3. The summed E-state index contributed by atoms with van der Waals surface area (Å²) in [6, 6.07) is -0.295. The molecule has 0 saturated heterocycles. The van der Waals surface area contributed by atoms with Gasteiger partial charge in [0.05, 0.1) is 0 Å². The summed E-state index contributed by atoms with van der Waals surface area (Å²) in [5.74, 6) is 5.80. The van der Waals surface area contributed by atoms with E-state index in [2.05, 4.69) is 52.3 Å². The van der Waals surface area contributed by atoms with Gasteiger partial charge in [0, 0.05) is 6.54 Å². The molecule has 0 aromatic heterocycles. The Labute approximate surface area is 117 Å². The quantitative estimate of drug-likeness (QED) is 0.410. The zero-order chi connectivity index (χ0) is 14.9. The second kappa shape index (κ2) is 5.31. The van der Waals surface area contributed by atoms with Crippen molar-refractivity contribution in [2.45, 2.75) is 60.8 Å². The Bertz CT molecular complexity index is 333. The first-order valence-electron chi connectivity index (χ1n) is 7.22. The van der Waals surface area contributed by atoms with Crippen molar-refractivity contribution in [2.24, 2.45) is 28.0 Å². The lowest BCUT2D eigenvalue weighted by molar-refractivity contribution is 0.00797. The van der Waals surface area contributed by atoms with E-state index in [4.69, 9.17) is 5.84 Å². The fourth-order valence-electron chi connectivity index (χ4n) is 3.73. The first-order valence-corrected chi connectivity index (χ1v) is 7.22. The van der Waals surface area contributed by atoms with E-state index in [1.54, 1.807) is 0 Å². The predicted octanol–water partition coefficient (Wildman–Crippen LogP) is 3.04. The first-order chi connectivity index (χ1) is 8.47. The summed E-state index contributed by atoms with van der Waals surface area (Å²) >= 11 is 0. The molecule has 0 aliphatic heterocycles. The van der Waals surface area contributed by atoms with Gasteiger partial charge in [0.1, 0.15) is 0 Å². The van der Waals surface area contributed by atoms with Crippen molar-refractivity contribution in [1.82, 2.24) is 10.7 Å². The molecule has 1 aliphatic rings. The standard InChI is InChI=1S/C15H31N3O/c1-13(2,3)11-7-14(4,5)9-15(6,8-11)10-17-12(19)18-16/h11H,7-10,16H2,1-6H3,(H2,17,18,19). The normalized spacial score (nSPS) is 30.8. The number of hydrogen-bond donors (Lipinski definition) is 3. The maximum absolute atomic E-state index is 11.3. The average molecular weight is 269 g/mol. The lowest BCUT2D eigenvalue weighted by Gasteiger charge is -2.50. The molecule has 0 aromatic rings. The molecule has 2 unspecified atom stereocenters. The average Bonchev–Trinajstić information content (AvgIpc) is 2.22. The second-order valence-electron chi connectivity index (χ2n) is 8.45. The van der Waals surface area contributed by atoms with Gasteiger partial charge in [-0.1, -0.05) is 41.5 Å². The van der Waals surface area contributed by atoms with Gasteiger partial charge in [0.15, 0.2) is 0 Å². The van der Waals surface area contributed by atoms with Gasteiger partial charge in [-0.15, -0.1) is 0 Å². The molecule has 4 N–H and O–H groups in total. The SMILES string of the molecule is CC1(C)CC(C(C)(C)C)CC(C)(CNC(=O)NN)C1. The van der Waals surface area contributed by atoms with E-state index >= 15 is 0 Å². The molecule has 2 amide bonds. The Kier molecular flexibility index (Phi) is 4.55. The Hall–Kier alpha value is -0.770. The van der Waals surface area contributed by atoms with Crippen molar-refractivity contribution < 1.29 is 4.79 Å². The number of carbonyl (C=O) groups excluding carboxylic acids is 1. The summed E-state index contributed by atoms with van der Waals surface area (Å²) in [6.45, 7) is 14.6. The summed E-state index contributed by atoms with van der Waals surface area (Å²) in [4.78, 5) is 11.3. The Morgan fingerprint density at radius 1 is 1.26 bits per heavy atom. The zero-order valence-electron chi connectivity index (χ0n) is 13.4. The molecule has 0 bridgehead atoms. The van der Waals surface area contributed by atoms with Gasteiger partial charge in [-0.3, -0.25) is 5.43 Å². The van der Waals surface area contributed by atoms with Crippen molar-refractivity contribution in [2.75, 3.05) is 6.54 Å². The highest BCUT2D eigenvalue weighted by molar-refractivity contribution is 5.73. The van der Waals surface area contributed by atoms with Gasteiger partial charge >= 0.3 is 6.03 Å². The van der Waals surface area contributed by atoms with Crippen LogP contribution in [0.25, 0.3) is 0 Å². The highest BCUT2D eigenvalue weighted by Crippen LogP contribution is 2.53. The number of nitrogens with one attached hydrogen (secondary N) is 2. The summed E-state index contributed by atoms with van der Waals surface area (Å²) in [7, 11) is 0. The van der Waals surface area contributed by atoms with E-state index in [1.165, 1.54) is 6.42 Å². The van der Waals surface area contributed by atoms with Gasteiger partial charge in [-0.25, -0.2) is 10.6 Å². The van der Waals surface area contributed by atoms with Gasteiger partial charge in [0.25, 0.3) is 0 Å². The molecule has 1 rings (SSSR count). The van der Waals surface area contributed by atoms with E-state index < -0.39 is 0 Å². The molecule has 1 saturated carbocycles. The summed E-state index contributed by atoms with van der Waals surface area (Å²) in [5, 5.41) is 2.88. The van der Waals surface area contributed by atoms with Gasteiger partial charge in [-0.05, 0) is 41.4 Å². The number of carbonyl (C=O) groups is 1. The molecule has 4 nitrogen and oxygen atoms in total. The number of nitrogens with two attached hydrogens (primary N) is 1. The second-order valence-corrected chi connectivity index (χ2v) is 8.45. The van der Waals surface area contributed by atoms with Crippen molar-refractivity contribution in [3.8, 4) is 0 Å². The van der Waals surface area contributed by atoms with Crippen LogP contribution in [-0.4, -0.2) is 12.6 Å². The smallest absolute Gasteiger partial charge is 0.328 e. The Morgan fingerprint density at radius 3 is 2.32 bits per heavy atom. The predicted molar refractivity (Wildman–Crippen MR) is 79.4 cm³/mol. The molecule has 19 heavy (non-hydrogen) atoms. The molecule has 0 aromatic carbocycles. The minimum Gasteiger partial charge on any atom is -0.337 e. The molecule has 2 atom stereocenters. The summed E-state index contributed by atoms with van der Waals surface area (Å²) in [6.07, 6.45) is 3.55. The third kappa shape index (κ3) is 4.68. The molecule has 1 aliphatic carbocycles. The van der Waals surface area contributed by atoms with Crippen molar-refractivity contribution in [3.63, 3.8) is 0 Å². The maximum atomic E-state index is 11.3. The summed E-state index contributed by atoms with van der Waals surface area (Å²) in [5.41, 5.74) is 2.92. The molecule has 1 fully saturated rings. The van der Waals surface area contributed by atoms with Gasteiger partial charge in [-0.2, -0.15) is 0 Å². The molecular weight excluding hydrogens is 238 g/mol. The van der Waals surface area contributed by atoms with Crippen LogP contribution in [0.15, 0.2) is 0 Å². The van der Waals surface area contributed by atoms with E-state index in [1.807, 2.05) is 0 Å². The van der Waals surface area contributed by atoms with Crippen molar-refractivity contribution in [3.05, 3.63) is 0 Å². The lowest BCUT2D eigenvalue weighted by Crippen LogP contribution is -2.49. The number of urea groups is 1. The van der Waals surface area contributed by atoms with Crippen LogP contribution < -0.4 is 16.6 Å². The molecule has 112 valence electrons. The van der Waals surface area contributed by atoms with E-state index in [-0.39, 0.29) is 11.4 Å². The van der Waals surface area contributed by atoms with Crippen LogP contribution in [0.2, 0.25) is 0 Å². The number of amides is 2. The van der Waals surface area contributed by atoms with Crippen LogP contribution in [0, 0.1) is 22.2 Å². The number of hydrazine groups is 1. The van der Waals surface area contributed by atoms with Gasteiger partial charge in [0.2, 0.25) is 0 Å². The van der Waals surface area contributed by atoms with Crippen LogP contribution in [0.4, 0.5) is 4.79 Å². The third-order valence-corrected chi connectivity index (χ3v) is 4.48. The summed E-state index contributed by atoms with van der Waals surface area (Å²) < 4.78 is 0. The molecule has 0 spiro atoms. The number of rotatable bonds is 2. The molecule has 4 heteroatoms. The molecular formula is C15H31N3O. The highest BCUT2D eigenvalue weighted by atomic mass is 16.2. The largest absolute Gasteiger partial charge is 0.337 e.